The number of nitrogens with zero attached hydrogens (tertiary/aromatic N) is 4. The van der Waals surface area contributed by atoms with Crippen molar-refractivity contribution < 1.29 is 9.53 Å². The molecule has 2 heterocycles. The maximum absolute atomic E-state index is 12.7. The number of nitrogens with one attached hydrogen (secondary N) is 1. The molecule has 0 saturated carbocycles. The van der Waals surface area contributed by atoms with Crippen LogP contribution in [0.3, 0.4) is 0 Å². The van der Waals surface area contributed by atoms with Crippen LogP contribution >= 0.6 is 11.6 Å². The van der Waals surface area contributed by atoms with Crippen LogP contribution in [0, 0.1) is 0 Å². The predicted octanol–water partition coefficient (Wildman–Crippen LogP) is 2.72. The number of benzene rings is 2. The number of hydrogen-bond acceptors (Lipinski definition) is 5. The molecule has 1 amide bonds. The van der Waals surface area contributed by atoms with Gasteiger partial charge in [-0.05, 0) is 42.0 Å². The lowest BCUT2D eigenvalue weighted by atomic mass is 10.0. The molecule has 1 aliphatic rings. The highest BCUT2D eigenvalue weighted by molar-refractivity contribution is 6.30. The zero-order valence-corrected chi connectivity index (χ0v) is 16.6. The Morgan fingerprint density at radius 3 is 2.48 bits per heavy atom. The number of rotatable bonds is 6. The average molecular weight is 412 g/mol. The number of amides is 1. The summed E-state index contributed by atoms with van der Waals surface area (Å²) in [6.07, 6.45) is 3.09. The van der Waals surface area contributed by atoms with Gasteiger partial charge in [-0.25, -0.2) is 9.67 Å². The Kier molecular flexibility index (Phi) is 6.19. The molecule has 7 nitrogen and oxygen atoms in total. The highest BCUT2D eigenvalue weighted by atomic mass is 35.5. The Bertz CT molecular complexity index is 923. The van der Waals surface area contributed by atoms with Crippen molar-refractivity contribution in [2.24, 2.45) is 0 Å². The molecule has 4 rings (SSSR count). The second-order valence-electron chi connectivity index (χ2n) is 6.81. The lowest BCUT2D eigenvalue weighted by Crippen LogP contribution is -2.43. The topological polar surface area (TPSA) is 72.3 Å². The lowest BCUT2D eigenvalue weighted by Gasteiger charge is -2.35. The van der Waals surface area contributed by atoms with E-state index in [0.717, 1.165) is 24.3 Å². The molecule has 150 valence electrons. The average Bonchev–Trinajstić information content (AvgIpc) is 3.31. The minimum atomic E-state index is -0.109. The fraction of sp³-hybridized carbons (Fsp3) is 0.286. The maximum Gasteiger partial charge on any atom is 0.251 e. The third kappa shape index (κ3) is 4.82. The normalized spacial score (nSPS) is 15.8. The van der Waals surface area contributed by atoms with Crippen molar-refractivity contribution in [1.29, 1.82) is 0 Å². The first-order valence-electron chi connectivity index (χ1n) is 9.51. The summed E-state index contributed by atoms with van der Waals surface area (Å²) < 4.78 is 7.13. The van der Waals surface area contributed by atoms with Gasteiger partial charge in [0.05, 0.1) is 24.9 Å². The number of ether oxygens (including phenoxy) is 1. The summed E-state index contributed by atoms with van der Waals surface area (Å²) in [7, 11) is 0. The Hall–Kier alpha value is -2.74. The van der Waals surface area contributed by atoms with Gasteiger partial charge in [0.15, 0.2) is 0 Å². The summed E-state index contributed by atoms with van der Waals surface area (Å²) in [5.74, 6) is -0.109. The number of aromatic nitrogens is 3. The van der Waals surface area contributed by atoms with Crippen molar-refractivity contribution in [2.45, 2.75) is 6.04 Å². The molecule has 29 heavy (non-hydrogen) atoms. The van der Waals surface area contributed by atoms with Gasteiger partial charge in [0.1, 0.15) is 12.7 Å². The van der Waals surface area contributed by atoms with Crippen molar-refractivity contribution in [2.75, 3.05) is 32.8 Å². The van der Waals surface area contributed by atoms with Crippen LogP contribution in [0.25, 0.3) is 5.69 Å². The maximum atomic E-state index is 12.7. The second-order valence-corrected chi connectivity index (χ2v) is 7.25. The Balaban J connectivity index is 1.44. The van der Waals surface area contributed by atoms with E-state index in [9.17, 15) is 4.79 Å². The van der Waals surface area contributed by atoms with Crippen LogP contribution in [-0.4, -0.2) is 58.4 Å². The van der Waals surface area contributed by atoms with Crippen LogP contribution in [0.1, 0.15) is 22.0 Å². The summed E-state index contributed by atoms with van der Waals surface area (Å²) >= 11 is 6.05. The molecular weight excluding hydrogens is 390 g/mol. The summed E-state index contributed by atoms with van der Waals surface area (Å²) in [4.78, 5) is 19.0. The van der Waals surface area contributed by atoms with Crippen LogP contribution in [0.5, 0.6) is 0 Å². The Morgan fingerprint density at radius 2 is 1.83 bits per heavy atom. The van der Waals surface area contributed by atoms with Gasteiger partial charge in [0.2, 0.25) is 0 Å². The van der Waals surface area contributed by atoms with E-state index in [1.165, 1.54) is 6.33 Å². The number of halogens is 1. The fourth-order valence-electron chi connectivity index (χ4n) is 3.43. The van der Waals surface area contributed by atoms with Crippen LogP contribution in [0.4, 0.5) is 0 Å². The van der Waals surface area contributed by atoms with E-state index < -0.39 is 0 Å². The number of carbonyl (C=O) groups is 1. The van der Waals surface area contributed by atoms with E-state index >= 15 is 0 Å². The van der Waals surface area contributed by atoms with Gasteiger partial charge in [-0.15, -0.1) is 0 Å². The quantitative estimate of drug-likeness (QED) is 0.675. The van der Waals surface area contributed by atoms with Gasteiger partial charge >= 0.3 is 0 Å². The molecule has 0 spiro atoms. The first kappa shape index (κ1) is 19.6. The molecule has 3 aromatic rings. The Labute approximate surface area is 174 Å². The first-order valence-corrected chi connectivity index (χ1v) is 9.89. The van der Waals surface area contributed by atoms with Gasteiger partial charge in [-0.2, -0.15) is 5.10 Å². The highest BCUT2D eigenvalue weighted by Crippen LogP contribution is 2.23. The molecule has 8 heteroatoms. The molecule has 1 fully saturated rings. The second kappa shape index (κ2) is 9.17. The number of hydrogen-bond donors (Lipinski definition) is 1. The molecule has 1 saturated heterocycles. The molecule has 0 aliphatic carbocycles. The van der Waals surface area contributed by atoms with E-state index in [2.05, 4.69) is 20.3 Å². The van der Waals surface area contributed by atoms with Crippen LogP contribution in [0.2, 0.25) is 5.02 Å². The van der Waals surface area contributed by atoms with Crippen molar-refractivity contribution in [1.82, 2.24) is 25.0 Å². The molecule has 0 bridgehead atoms. The van der Waals surface area contributed by atoms with E-state index in [0.29, 0.717) is 30.3 Å². The number of carbonyl (C=O) groups excluding carboxylic acids is 1. The Morgan fingerprint density at radius 1 is 1.10 bits per heavy atom. The first-order chi connectivity index (χ1) is 14.2. The number of morpholine rings is 1. The summed E-state index contributed by atoms with van der Waals surface area (Å²) in [5.41, 5.74) is 2.58. The highest BCUT2D eigenvalue weighted by Gasteiger charge is 2.23. The molecule has 1 atom stereocenters. The van der Waals surface area contributed by atoms with E-state index in [1.807, 2.05) is 36.4 Å². The smallest absolute Gasteiger partial charge is 0.251 e. The lowest BCUT2D eigenvalue weighted by molar-refractivity contribution is 0.0162. The molecular formula is C21H22ClN5O2. The molecule has 0 radical (unpaired) electrons. The van der Waals surface area contributed by atoms with Gasteiger partial charge in [0, 0.05) is 30.2 Å². The van der Waals surface area contributed by atoms with Crippen molar-refractivity contribution in [3.63, 3.8) is 0 Å². The van der Waals surface area contributed by atoms with Crippen LogP contribution < -0.4 is 5.32 Å². The van der Waals surface area contributed by atoms with Crippen molar-refractivity contribution >= 4 is 17.5 Å². The van der Waals surface area contributed by atoms with Gasteiger partial charge in [0.25, 0.3) is 5.91 Å². The predicted molar refractivity (Wildman–Crippen MR) is 110 cm³/mol. The molecule has 1 N–H and O–H groups in total. The van der Waals surface area contributed by atoms with Gasteiger partial charge in [-0.3, -0.25) is 9.69 Å². The molecule has 1 aliphatic heterocycles. The van der Waals surface area contributed by atoms with Crippen LogP contribution in [0.15, 0.2) is 61.2 Å². The zero-order valence-electron chi connectivity index (χ0n) is 15.9. The van der Waals surface area contributed by atoms with E-state index in [-0.39, 0.29) is 11.9 Å². The van der Waals surface area contributed by atoms with E-state index in [4.69, 9.17) is 16.3 Å². The molecule has 2 aromatic carbocycles. The third-order valence-corrected chi connectivity index (χ3v) is 5.26. The minimum absolute atomic E-state index is 0.0644. The SMILES string of the molecule is O=C(NCC(c1ccc(Cl)cc1)N1CCOCC1)c1ccc(-n2cncn2)cc1. The summed E-state index contributed by atoms with van der Waals surface area (Å²) in [5, 5.41) is 7.87. The van der Waals surface area contributed by atoms with Crippen molar-refractivity contribution in [3.8, 4) is 5.69 Å². The summed E-state index contributed by atoms with van der Waals surface area (Å²) in [6.45, 7) is 3.56. The van der Waals surface area contributed by atoms with Gasteiger partial charge in [-0.1, -0.05) is 23.7 Å². The molecule has 1 unspecified atom stereocenters. The largest absolute Gasteiger partial charge is 0.379 e. The van der Waals surface area contributed by atoms with Gasteiger partial charge < -0.3 is 10.1 Å². The standard InChI is InChI=1S/C21H22ClN5O2/c22-18-5-1-16(2-6-18)20(26-9-11-29-12-10-26)13-24-21(28)17-3-7-19(8-4-17)27-15-23-14-25-27/h1-8,14-15,20H,9-13H2,(H,24,28). The minimum Gasteiger partial charge on any atom is -0.379 e. The molecule has 1 aromatic heterocycles. The third-order valence-electron chi connectivity index (χ3n) is 5.01. The van der Waals surface area contributed by atoms with Crippen LogP contribution in [-0.2, 0) is 4.74 Å². The van der Waals surface area contributed by atoms with E-state index in [1.54, 1.807) is 23.1 Å². The zero-order chi connectivity index (χ0) is 20.1. The fourth-order valence-corrected chi connectivity index (χ4v) is 3.56. The van der Waals surface area contributed by atoms with Crippen molar-refractivity contribution in [3.05, 3.63) is 77.3 Å². The monoisotopic (exact) mass is 411 g/mol. The summed E-state index contributed by atoms with van der Waals surface area (Å²) in [6, 6.07) is 15.1.